The van der Waals surface area contributed by atoms with Crippen molar-refractivity contribution in [2.24, 2.45) is 7.05 Å². The number of carbonyl (C=O) groups excluding carboxylic acids is 1. The molecular weight excluding hydrogens is 276 g/mol. The van der Waals surface area contributed by atoms with E-state index < -0.39 is 0 Å². The van der Waals surface area contributed by atoms with Crippen molar-refractivity contribution >= 4 is 17.2 Å². The third-order valence-electron chi connectivity index (χ3n) is 3.80. The summed E-state index contributed by atoms with van der Waals surface area (Å²) >= 11 is 0. The number of nitrogens with zero attached hydrogens (tertiary/aromatic N) is 4. The molecule has 22 heavy (non-hydrogen) atoms. The third kappa shape index (κ3) is 2.62. The second-order valence-corrected chi connectivity index (χ2v) is 5.38. The minimum absolute atomic E-state index is 0.555. The zero-order chi connectivity index (χ0) is 15.5. The van der Waals surface area contributed by atoms with Crippen LogP contribution in [-0.4, -0.2) is 26.0 Å². The first-order chi connectivity index (χ1) is 10.7. The molecule has 0 saturated heterocycles. The van der Waals surface area contributed by atoms with Crippen LogP contribution in [0.3, 0.4) is 0 Å². The molecule has 0 aliphatic heterocycles. The summed E-state index contributed by atoms with van der Waals surface area (Å²) in [4.78, 5) is 15.0. The van der Waals surface area contributed by atoms with E-state index in [4.69, 9.17) is 0 Å². The summed E-state index contributed by atoms with van der Waals surface area (Å²) in [5, 5.41) is 9.67. The van der Waals surface area contributed by atoms with Crippen molar-refractivity contribution in [3.05, 3.63) is 41.9 Å². The Morgan fingerprint density at radius 2 is 2.05 bits per heavy atom. The van der Waals surface area contributed by atoms with Gasteiger partial charge in [-0.05, 0) is 25.5 Å². The van der Waals surface area contributed by atoms with E-state index in [0.29, 0.717) is 6.42 Å². The number of unbranched alkanes of at least 4 members (excludes halogenated alkanes) is 1. The summed E-state index contributed by atoms with van der Waals surface area (Å²) in [6.07, 6.45) is 3.05. The molecule has 0 bridgehead atoms. The minimum atomic E-state index is 0.555. The molecule has 0 amide bonds. The maximum atomic E-state index is 10.4. The molecule has 0 fully saturated rings. The van der Waals surface area contributed by atoms with Crippen LogP contribution in [-0.2, 0) is 18.3 Å². The number of aromatic nitrogens is 4. The Kier molecular flexibility index (Phi) is 3.96. The number of pyridine rings is 1. The molecule has 1 aromatic carbocycles. The summed E-state index contributed by atoms with van der Waals surface area (Å²) < 4.78 is 2.00. The molecule has 3 rings (SSSR count). The quantitative estimate of drug-likeness (QED) is 0.536. The van der Waals surface area contributed by atoms with Crippen LogP contribution in [0.2, 0.25) is 0 Å². The molecule has 0 unspecified atom stereocenters. The lowest BCUT2D eigenvalue weighted by molar-refractivity contribution is -0.107. The van der Waals surface area contributed by atoms with Crippen molar-refractivity contribution in [2.45, 2.75) is 26.2 Å². The molecule has 0 radical (unpaired) electrons. The molecule has 112 valence electrons. The highest BCUT2D eigenvalue weighted by Crippen LogP contribution is 2.26. The monoisotopic (exact) mass is 294 g/mol. The number of aryl methyl sites for hydroxylation is 2. The van der Waals surface area contributed by atoms with Crippen LogP contribution in [0.4, 0.5) is 0 Å². The highest BCUT2D eigenvalue weighted by molar-refractivity contribution is 5.92. The van der Waals surface area contributed by atoms with Crippen molar-refractivity contribution in [1.29, 1.82) is 0 Å². The van der Waals surface area contributed by atoms with Gasteiger partial charge in [-0.2, -0.15) is 0 Å². The first kappa shape index (κ1) is 14.4. The molecule has 0 atom stereocenters. The van der Waals surface area contributed by atoms with Crippen molar-refractivity contribution < 1.29 is 4.79 Å². The Bertz CT molecular complexity index is 823. The lowest BCUT2D eigenvalue weighted by Crippen LogP contribution is -2.00. The predicted octanol–water partition coefficient (Wildman–Crippen LogP) is 2.86. The lowest BCUT2D eigenvalue weighted by atomic mass is 10.1. The molecule has 5 heteroatoms. The fourth-order valence-electron chi connectivity index (χ4n) is 2.61. The summed E-state index contributed by atoms with van der Waals surface area (Å²) in [6, 6.07) is 10.1. The van der Waals surface area contributed by atoms with E-state index in [1.54, 1.807) is 0 Å². The van der Waals surface area contributed by atoms with Crippen molar-refractivity contribution in [1.82, 2.24) is 19.7 Å². The van der Waals surface area contributed by atoms with Gasteiger partial charge in [0.1, 0.15) is 12.1 Å². The van der Waals surface area contributed by atoms with E-state index in [1.807, 2.05) is 42.8 Å². The van der Waals surface area contributed by atoms with Gasteiger partial charge in [0.25, 0.3) is 0 Å². The molecule has 2 heterocycles. The molecule has 0 aliphatic rings. The summed E-state index contributed by atoms with van der Waals surface area (Å²) in [6.45, 7) is 1.99. The smallest absolute Gasteiger partial charge is 0.164 e. The van der Waals surface area contributed by atoms with E-state index in [1.165, 1.54) is 0 Å². The van der Waals surface area contributed by atoms with E-state index in [9.17, 15) is 4.79 Å². The van der Waals surface area contributed by atoms with Gasteiger partial charge in [-0.3, -0.25) is 4.98 Å². The lowest BCUT2D eigenvalue weighted by Gasteiger charge is -2.07. The number of hydrogen-bond acceptors (Lipinski definition) is 4. The summed E-state index contributed by atoms with van der Waals surface area (Å²) in [5.41, 5.74) is 2.99. The van der Waals surface area contributed by atoms with Crippen LogP contribution < -0.4 is 0 Å². The molecule has 2 aromatic heterocycles. The van der Waals surface area contributed by atoms with Gasteiger partial charge in [-0.15, -0.1) is 10.2 Å². The number of aldehydes is 1. The normalized spacial score (nSPS) is 11.0. The van der Waals surface area contributed by atoms with Gasteiger partial charge in [0, 0.05) is 36.5 Å². The number of fused-ring (bicyclic) bond motifs is 1. The van der Waals surface area contributed by atoms with Crippen LogP contribution in [0.25, 0.3) is 22.3 Å². The van der Waals surface area contributed by atoms with Crippen molar-refractivity contribution in [2.75, 3.05) is 0 Å². The maximum Gasteiger partial charge on any atom is 0.164 e. The van der Waals surface area contributed by atoms with Crippen molar-refractivity contribution in [3.63, 3.8) is 0 Å². The maximum absolute atomic E-state index is 10.4. The fourth-order valence-corrected chi connectivity index (χ4v) is 2.61. The highest BCUT2D eigenvalue weighted by Gasteiger charge is 2.13. The Balaban J connectivity index is 2.03. The topological polar surface area (TPSA) is 60.7 Å². The van der Waals surface area contributed by atoms with Gasteiger partial charge in [0.2, 0.25) is 0 Å². The molecule has 0 spiro atoms. The molecule has 3 aromatic rings. The Labute approximate surface area is 129 Å². The molecule has 0 saturated carbocycles. The van der Waals surface area contributed by atoms with Gasteiger partial charge in [0.05, 0.1) is 5.52 Å². The van der Waals surface area contributed by atoms with E-state index in [-0.39, 0.29) is 0 Å². The average molecular weight is 294 g/mol. The molecule has 0 N–H and O–H groups in total. The highest BCUT2D eigenvalue weighted by atomic mass is 16.1. The van der Waals surface area contributed by atoms with Gasteiger partial charge in [-0.25, -0.2) is 0 Å². The van der Waals surface area contributed by atoms with Crippen LogP contribution in [0, 0.1) is 6.92 Å². The predicted molar refractivity (Wildman–Crippen MR) is 85.5 cm³/mol. The Morgan fingerprint density at radius 3 is 2.86 bits per heavy atom. The van der Waals surface area contributed by atoms with Crippen LogP contribution in [0.15, 0.2) is 30.3 Å². The standard InChI is InChI=1S/C17H18N4O/c1-12-9-10-13-14(6-5-7-15(13)18-12)17-20-19-16(21(17)2)8-3-4-11-22/h5-7,9-11H,3-4,8H2,1-2H3. The van der Waals surface area contributed by atoms with Crippen LogP contribution in [0.1, 0.15) is 24.4 Å². The number of rotatable bonds is 5. The van der Waals surface area contributed by atoms with Gasteiger partial charge in [-0.1, -0.05) is 18.2 Å². The van der Waals surface area contributed by atoms with Crippen LogP contribution in [0.5, 0.6) is 0 Å². The molecule has 0 aliphatic carbocycles. The number of carbonyl (C=O) groups is 1. The summed E-state index contributed by atoms with van der Waals surface area (Å²) in [5.74, 6) is 1.73. The van der Waals surface area contributed by atoms with Gasteiger partial charge in [0.15, 0.2) is 5.82 Å². The Hall–Kier alpha value is -2.56. The zero-order valence-electron chi connectivity index (χ0n) is 12.8. The Morgan fingerprint density at radius 1 is 1.18 bits per heavy atom. The van der Waals surface area contributed by atoms with Gasteiger partial charge >= 0.3 is 0 Å². The first-order valence-corrected chi connectivity index (χ1v) is 7.39. The number of benzene rings is 1. The largest absolute Gasteiger partial charge is 0.314 e. The van der Waals surface area contributed by atoms with E-state index in [2.05, 4.69) is 21.2 Å². The number of hydrogen-bond donors (Lipinski definition) is 0. The van der Waals surface area contributed by atoms with E-state index >= 15 is 0 Å². The minimum Gasteiger partial charge on any atom is -0.314 e. The third-order valence-corrected chi connectivity index (χ3v) is 3.80. The summed E-state index contributed by atoms with van der Waals surface area (Å²) in [7, 11) is 1.96. The fraction of sp³-hybridized carbons (Fsp3) is 0.294. The average Bonchev–Trinajstić information content (AvgIpc) is 2.88. The molecular formula is C17H18N4O. The molecule has 5 nitrogen and oxygen atoms in total. The van der Waals surface area contributed by atoms with Crippen LogP contribution >= 0.6 is 0 Å². The second kappa shape index (κ2) is 6.05. The zero-order valence-corrected chi connectivity index (χ0v) is 12.8. The van der Waals surface area contributed by atoms with Gasteiger partial charge < -0.3 is 9.36 Å². The van der Waals surface area contributed by atoms with Crippen molar-refractivity contribution in [3.8, 4) is 11.4 Å². The first-order valence-electron chi connectivity index (χ1n) is 7.39. The second-order valence-electron chi connectivity index (χ2n) is 5.38. The SMILES string of the molecule is Cc1ccc2c(-c3nnc(CCCC=O)n3C)cccc2n1. The van der Waals surface area contributed by atoms with E-state index in [0.717, 1.165) is 52.9 Å².